The Balaban J connectivity index is 5.23. The van der Waals surface area contributed by atoms with Crippen LogP contribution in [0.3, 0.4) is 0 Å². The fourth-order valence-electron chi connectivity index (χ4n) is 11.7. The van der Waals surface area contributed by atoms with Gasteiger partial charge in [-0.3, -0.25) is 37.3 Å². The number of aliphatic hydroxyl groups excluding tert-OH is 1. The first-order valence-corrected chi connectivity index (χ1v) is 42.7. The van der Waals surface area contributed by atoms with Crippen LogP contribution >= 0.6 is 15.6 Å². The van der Waals surface area contributed by atoms with Crippen LogP contribution in [-0.4, -0.2) is 96.7 Å². The number of unbranched alkanes of at least 4 members (excludes halogenated alkanes) is 40. The zero-order valence-electron chi connectivity index (χ0n) is 63.0. The second-order valence-electron chi connectivity index (χ2n) is 29.7. The predicted octanol–water partition coefficient (Wildman–Crippen LogP) is 22.4. The molecule has 0 amide bonds. The van der Waals surface area contributed by atoms with E-state index < -0.39 is 97.5 Å². The summed E-state index contributed by atoms with van der Waals surface area (Å²) in [6, 6.07) is 0. The van der Waals surface area contributed by atoms with Crippen molar-refractivity contribution in [1.82, 2.24) is 0 Å². The van der Waals surface area contributed by atoms with Gasteiger partial charge >= 0.3 is 39.5 Å². The molecule has 0 aromatic rings. The third-order valence-electron chi connectivity index (χ3n) is 17.8. The largest absolute Gasteiger partial charge is 0.472 e. The molecule has 0 fully saturated rings. The van der Waals surface area contributed by atoms with Gasteiger partial charge in [-0.15, -0.1) is 0 Å². The summed E-state index contributed by atoms with van der Waals surface area (Å²) < 4.78 is 68.5. The Labute approximate surface area is 588 Å². The van der Waals surface area contributed by atoms with E-state index in [1.165, 1.54) is 186 Å². The van der Waals surface area contributed by atoms with Crippen molar-refractivity contribution in [3.05, 3.63) is 0 Å². The molecule has 0 aromatic heterocycles. The molecular formula is C77H150O17P2. The van der Waals surface area contributed by atoms with Crippen LogP contribution in [0, 0.1) is 23.7 Å². The third-order valence-corrected chi connectivity index (χ3v) is 19.7. The van der Waals surface area contributed by atoms with Crippen LogP contribution in [0.15, 0.2) is 0 Å². The minimum atomic E-state index is -4.96. The number of carbonyl (C=O) groups excluding carboxylic acids is 4. The predicted molar refractivity (Wildman–Crippen MR) is 391 cm³/mol. The van der Waals surface area contributed by atoms with Crippen LogP contribution in [0.4, 0.5) is 0 Å². The van der Waals surface area contributed by atoms with Gasteiger partial charge in [0.25, 0.3) is 0 Å². The van der Waals surface area contributed by atoms with Crippen LogP contribution in [0.2, 0.25) is 0 Å². The van der Waals surface area contributed by atoms with Crippen molar-refractivity contribution in [3.8, 4) is 0 Å². The number of hydrogen-bond donors (Lipinski definition) is 3. The number of rotatable bonds is 74. The maximum absolute atomic E-state index is 13.1. The normalized spacial score (nSPS) is 14.1. The van der Waals surface area contributed by atoms with E-state index >= 15 is 0 Å². The number of phosphoric acid groups is 2. The van der Waals surface area contributed by atoms with E-state index in [0.29, 0.717) is 31.6 Å². The Kier molecular flexibility index (Phi) is 65.0. The van der Waals surface area contributed by atoms with E-state index in [9.17, 15) is 43.2 Å². The Hall–Kier alpha value is -1.94. The summed E-state index contributed by atoms with van der Waals surface area (Å²) in [4.78, 5) is 72.8. The lowest BCUT2D eigenvalue weighted by Gasteiger charge is -2.21. The average molecular weight is 1410 g/mol. The first kappa shape index (κ1) is 94.1. The Morgan fingerprint density at radius 3 is 0.646 bits per heavy atom. The summed E-state index contributed by atoms with van der Waals surface area (Å²) in [5.74, 6) is 0.910. The van der Waals surface area contributed by atoms with Gasteiger partial charge in [0, 0.05) is 25.7 Å². The molecular weight excluding hydrogens is 1260 g/mol. The molecule has 0 aliphatic rings. The van der Waals surface area contributed by atoms with Gasteiger partial charge in [0.2, 0.25) is 0 Å². The topological polar surface area (TPSA) is 237 Å². The molecule has 0 saturated carbocycles. The van der Waals surface area contributed by atoms with Crippen LogP contribution in [0.1, 0.15) is 389 Å². The molecule has 0 aliphatic carbocycles. The quantitative estimate of drug-likeness (QED) is 0.0222. The maximum atomic E-state index is 13.1. The van der Waals surface area contributed by atoms with Gasteiger partial charge in [0.1, 0.15) is 19.3 Å². The highest BCUT2D eigenvalue weighted by molar-refractivity contribution is 7.47. The van der Waals surface area contributed by atoms with Gasteiger partial charge in [-0.25, -0.2) is 9.13 Å². The fraction of sp³-hybridized carbons (Fsp3) is 0.948. The summed E-state index contributed by atoms with van der Waals surface area (Å²) in [5, 5.41) is 10.6. The molecule has 0 spiro atoms. The van der Waals surface area contributed by atoms with Crippen molar-refractivity contribution in [3.63, 3.8) is 0 Å². The lowest BCUT2D eigenvalue weighted by atomic mass is 10.0. The second kappa shape index (κ2) is 66.3. The summed E-state index contributed by atoms with van der Waals surface area (Å²) in [7, 11) is -9.91. The zero-order chi connectivity index (χ0) is 71.0. The van der Waals surface area contributed by atoms with Crippen LogP contribution in [-0.2, 0) is 65.4 Å². The smallest absolute Gasteiger partial charge is 0.462 e. The van der Waals surface area contributed by atoms with E-state index in [4.69, 9.17) is 37.0 Å². The number of hydrogen-bond acceptors (Lipinski definition) is 15. The second-order valence-corrected chi connectivity index (χ2v) is 32.6. The minimum absolute atomic E-state index is 0.104. The number of ether oxygens (including phenoxy) is 4. The Morgan fingerprint density at radius 1 is 0.260 bits per heavy atom. The summed E-state index contributed by atoms with van der Waals surface area (Å²) in [6.07, 6.45) is 51.5. The molecule has 0 saturated heterocycles. The van der Waals surface area contributed by atoms with E-state index in [1.807, 2.05) is 0 Å². The molecule has 3 unspecified atom stereocenters. The third kappa shape index (κ3) is 70.5. The molecule has 0 heterocycles. The van der Waals surface area contributed by atoms with Crippen molar-refractivity contribution in [2.45, 2.75) is 408 Å². The first-order valence-electron chi connectivity index (χ1n) is 39.7. The van der Waals surface area contributed by atoms with E-state index in [-0.39, 0.29) is 25.7 Å². The number of carbonyl (C=O) groups is 4. The molecule has 0 bridgehead atoms. The summed E-state index contributed by atoms with van der Waals surface area (Å²) >= 11 is 0. The van der Waals surface area contributed by atoms with Crippen LogP contribution in [0.25, 0.3) is 0 Å². The minimum Gasteiger partial charge on any atom is -0.462 e. The fourth-order valence-corrected chi connectivity index (χ4v) is 13.3. The number of esters is 4. The lowest BCUT2D eigenvalue weighted by molar-refractivity contribution is -0.161. The van der Waals surface area contributed by atoms with Gasteiger partial charge in [-0.1, -0.05) is 338 Å². The van der Waals surface area contributed by atoms with Crippen LogP contribution < -0.4 is 0 Å². The van der Waals surface area contributed by atoms with Crippen molar-refractivity contribution in [2.75, 3.05) is 39.6 Å². The Bertz CT molecular complexity index is 1880. The van der Waals surface area contributed by atoms with Crippen LogP contribution in [0.5, 0.6) is 0 Å². The molecule has 3 N–H and O–H groups in total. The average Bonchev–Trinajstić information content (AvgIpc) is 1.10. The summed E-state index contributed by atoms with van der Waals surface area (Å²) in [6.45, 7) is 14.2. The van der Waals surface area contributed by atoms with Gasteiger partial charge in [0.05, 0.1) is 26.4 Å². The van der Waals surface area contributed by atoms with Gasteiger partial charge in [0.15, 0.2) is 12.2 Å². The monoisotopic (exact) mass is 1410 g/mol. The molecule has 17 nitrogen and oxygen atoms in total. The molecule has 0 radical (unpaired) electrons. The number of phosphoric ester groups is 2. The van der Waals surface area contributed by atoms with Crippen molar-refractivity contribution in [1.29, 1.82) is 0 Å². The molecule has 0 rings (SSSR count). The highest BCUT2D eigenvalue weighted by Gasteiger charge is 2.30. The Morgan fingerprint density at radius 2 is 0.438 bits per heavy atom. The van der Waals surface area contributed by atoms with Gasteiger partial charge < -0.3 is 33.8 Å². The van der Waals surface area contributed by atoms with E-state index in [0.717, 1.165) is 114 Å². The molecule has 0 aliphatic heterocycles. The highest BCUT2D eigenvalue weighted by atomic mass is 31.2. The van der Waals surface area contributed by atoms with E-state index in [1.54, 1.807) is 0 Å². The summed E-state index contributed by atoms with van der Waals surface area (Å²) in [5.41, 5.74) is 0. The molecule has 0 aromatic carbocycles. The number of aliphatic hydroxyl groups is 1. The van der Waals surface area contributed by atoms with E-state index in [2.05, 4.69) is 55.4 Å². The molecule has 5 atom stereocenters. The first-order chi connectivity index (χ1) is 46.1. The highest BCUT2D eigenvalue weighted by Crippen LogP contribution is 2.45. The molecule has 19 heteroatoms. The maximum Gasteiger partial charge on any atom is 0.472 e. The SMILES string of the molecule is CC(C)CCCCCCCCCCCCCCCCCCC(=O)OC[C@H](COP(=O)(O)OCC(O)COP(=O)(O)OC[C@@H](COC(=O)CCCCCCCCCC(C)C)OC(=O)CCCCCCCCCCCC(C)C)OC(=O)CCCCCCCCCCCCCCC(C)C. The lowest BCUT2D eigenvalue weighted by Crippen LogP contribution is -2.30. The standard InChI is InChI=1S/C77H150O17P2/c1-67(2)53-45-37-29-22-17-13-11-9-10-12-14-19-25-33-41-49-57-74(79)87-63-72(93-76(81)59-51-43-34-26-20-16-15-18-23-30-38-46-54-68(3)4)65-91-95(83,84)89-61-71(78)62-90-96(85,86)92-66-73(64-88-75(80)58-50-42-36-28-32-40-48-56-70(7)8)94-77(82)60-52-44-35-27-21-24-31-39-47-55-69(5)6/h67-73,78H,9-66H2,1-8H3,(H,83,84)(H,85,86)/t71?,72-,73-/m1/s1. The molecule has 570 valence electrons. The molecule has 96 heavy (non-hydrogen) atoms. The van der Waals surface area contributed by atoms with Crippen molar-refractivity contribution in [2.24, 2.45) is 23.7 Å². The van der Waals surface area contributed by atoms with Gasteiger partial charge in [-0.2, -0.15) is 0 Å². The van der Waals surface area contributed by atoms with Crippen molar-refractivity contribution >= 4 is 39.5 Å². The zero-order valence-corrected chi connectivity index (χ0v) is 64.8. The van der Waals surface area contributed by atoms with Gasteiger partial charge in [-0.05, 0) is 49.4 Å². The van der Waals surface area contributed by atoms with Crippen molar-refractivity contribution < 1.29 is 80.2 Å².